The molecule has 0 saturated carbocycles. The largest absolute Gasteiger partial charge is 0.481 e. The summed E-state index contributed by atoms with van der Waals surface area (Å²) in [4.78, 5) is 29.8. The molecule has 2 atom stereocenters. The maximum atomic E-state index is 12.7. The molecule has 1 N–H and O–H groups in total. The summed E-state index contributed by atoms with van der Waals surface area (Å²) in [7, 11) is 0. The van der Waals surface area contributed by atoms with Crippen LogP contribution in [0, 0.1) is 11.8 Å². The van der Waals surface area contributed by atoms with Gasteiger partial charge in [0.2, 0.25) is 5.88 Å². The molecule has 1 aromatic carbocycles. The Morgan fingerprint density at radius 3 is 2.73 bits per heavy atom. The van der Waals surface area contributed by atoms with E-state index in [0.29, 0.717) is 37.6 Å². The van der Waals surface area contributed by atoms with Crippen molar-refractivity contribution in [1.29, 1.82) is 0 Å². The zero-order chi connectivity index (χ0) is 18.5. The Labute approximate surface area is 152 Å². The minimum Gasteiger partial charge on any atom is -0.481 e. The van der Waals surface area contributed by atoms with Crippen molar-refractivity contribution >= 4 is 11.9 Å². The van der Waals surface area contributed by atoms with Gasteiger partial charge in [0.15, 0.2) is 0 Å². The summed E-state index contributed by atoms with van der Waals surface area (Å²) >= 11 is 0. The van der Waals surface area contributed by atoms with Crippen molar-refractivity contribution < 1.29 is 19.4 Å². The van der Waals surface area contributed by atoms with Gasteiger partial charge in [-0.3, -0.25) is 9.59 Å². The van der Waals surface area contributed by atoms with Crippen LogP contribution in [0.4, 0.5) is 0 Å². The Balaban J connectivity index is 1.64. The number of likely N-dealkylation sites (tertiary alicyclic amines) is 1. The molecule has 0 aliphatic carbocycles. The van der Waals surface area contributed by atoms with E-state index in [1.165, 1.54) is 0 Å². The molecule has 1 amide bonds. The fourth-order valence-corrected chi connectivity index (χ4v) is 3.23. The highest BCUT2D eigenvalue weighted by atomic mass is 16.5. The first-order valence-electron chi connectivity index (χ1n) is 8.69. The second-order valence-corrected chi connectivity index (χ2v) is 6.62. The second kappa shape index (κ2) is 7.99. The molecule has 0 bridgehead atoms. The number of benzene rings is 1. The van der Waals surface area contributed by atoms with Gasteiger partial charge in [-0.05, 0) is 24.0 Å². The Kier molecular flexibility index (Phi) is 5.51. The van der Waals surface area contributed by atoms with Gasteiger partial charge in [0.25, 0.3) is 5.91 Å². The fourth-order valence-electron chi connectivity index (χ4n) is 3.23. The number of piperidine rings is 1. The van der Waals surface area contributed by atoms with Crippen molar-refractivity contribution in [3.8, 4) is 5.88 Å². The predicted octanol–water partition coefficient (Wildman–Crippen LogP) is 2.84. The van der Waals surface area contributed by atoms with Gasteiger partial charge in [-0.2, -0.15) is 0 Å². The number of carbonyl (C=O) groups excluding carboxylic acids is 1. The van der Waals surface area contributed by atoms with Crippen LogP contribution in [0.25, 0.3) is 0 Å². The number of rotatable bonds is 5. The highest BCUT2D eigenvalue weighted by Gasteiger charge is 2.33. The van der Waals surface area contributed by atoms with Crippen molar-refractivity contribution in [3.05, 3.63) is 59.8 Å². The van der Waals surface area contributed by atoms with Crippen LogP contribution in [-0.2, 0) is 11.4 Å². The molecule has 0 spiro atoms. The maximum absolute atomic E-state index is 12.7. The quantitative estimate of drug-likeness (QED) is 0.893. The number of ether oxygens (including phenoxy) is 1. The molecule has 1 saturated heterocycles. The molecule has 0 radical (unpaired) electrons. The minimum absolute atomic E-state index is 0.0687. The Hall–Kier alpha value is -2.89. The molecule has 136 valence electrons. The number of aliphatic carboxylic acids is 1. The Morgan fingerprint density at radius 2 is 2.04 bits per heavy atom. The van der Waals surface area contributed by atoms with Crippen LogP contribution in [-0.4, -0.2) is 40.0 Å². The van der Waals surface area contributed by atoms with Crippen molar-refractivity contribution in [2.75, 3.05) is 13.1 Å². The van der Waals surface area contributed by atoms with Gasteiger partial charge in [0.1, 0.15) is 6.61 Å². The number of carboxylic acids is 1. The average Bonchev–Trinajstić information content (AvgIpc) is 2.66. The van der Waals surface area contributed by atoms with Gasteiger partial charge < -0.3 is 14.7 Å². The first-order valence-corrected chi connectivity index (χ1v) is 8.69. The first kappa shape index (κ1) is 17.9. The third-order valence-corrected chi connectivity index (χ3v) is 4.72. The molecule has 3 rings (SSSR count). The fraction of sp³-hybridized carbons (Fsp3) is 0.350. The topological polar surface area (TPSA) is 79.7 Å². The van der Waals surface area contributed by atoms with E-state index in [1.807, 2.05) is 37.3 Å². The highest BCUT2D eigenvalue weighted by molar-refractivity contribution is 5.94. The lowest BCUT2D eigenvalue weighted by Crippen LogP contribution is -2.45. The predicted molar refractivity (Wildman–Crippen MR) is 95.8 cm³/mol. The maximum Gasteiger partial charge on any atom is 0.306 e. The number of amides is 1. The zero-order valence-electron chi connectivity index (χ0n) is 14.7. The zero-order valence-corrected chi connectivity index (χ0v) is 14.7. The molecule has 6 nitrogen and oxygen atoms in total. The number of pyridine rings is 1. The number of carbonyl (C=O) groups is 2. The van der Waals surface area contributed by atoms with Gasteiger partial charge in [0.05, 0.1) is 5.92 Å². The molecule has 1 fully saturated rings. The number of hydrogen-bond donors (Lipinski definition) is 1. The van der Waals surface area contributed by atoms with E-state index in [0.717, 1.165) is 5.56 Å². The summed E-state index contributed by atoms with van der Waals surface area (Å²) < 4.78 is 5.68. The number of nitrogens with zero attached hydrogens (tertiary/aromatic N) is 2. The molecular weight excluding hydrogens is 332 g/mol. The molecule has 2 aromatic rings. The van der Waals surface area contributed by atoms with Crippen LogP contribution in [0.3, 0.4) is 0 Å². The third kappa shape index (κ3) is 4.20. The molecule has 2 unspecified atom stereocenters. The normalized spacial score (nSPS) is 19.8. The van der Waals surface area contributed by atoms with Crippen molar-refractivity contribution in [2.45, 2.75) is 20.0 Å². The van der Waals surface area contributed by atoms with Crippen molar-refractivity contribution in [1.82, 2.24) is 9.88 Å². The smallest absolute Gasteiger partial charge is 0.306 e. The summed E-state index contributed by atoms with van der Waals surface area (Å²) in [5, 5.41) is 9.21. The van der Waals surface area contributed by atoms with E-state index in [1.54, 1.807) is 23.2 Å². The minimum atomic E-state index is -0.787. The van der Waals surface area contributed by atoms with E-state index in [9.17, 15) is 14.7 Å². The van der Waals surface area contributed by atoms with Crippen molar-refractivity contribution in [3.63, 3.8) is 0 Å². The summed E-state index contributed by atoms with van der Waals surface area (Å²) in [5.74, 6) is -0.965. The molecule has 1 aliphatic heterocycles. The molecule has 1 aromatic heterocycles. The highest BCUT2D eigenvalue weighted by Crippen LogP contribution is 2.25. The third-order valence-electron chi connectivity index (χ3n) is 4.72. The van der Waals surface area contributed by atoms with Crippen LogP contribution in [0.2, 0.25) is 0 Å². The average molecular weight is 354 g/mol. The molecular formula is C20H22N2O4. The van der Waals surface area contributed by atoms with Gasteiger partial charge in [-0.25, -0.2) is 4.98 Å². The Bertz CT molecular complexity index is 778. The molecule has 1 aliphatic rings. The summed E-state index contributed by atoms with van der Waals surface area (Å²) in [6, 6.07) is 13.0. The van der Waals surface area contributed by atoms with Crippen LogP contribution in [0.5, 0.6) is 5.88 Å². The lowest BCUT2D eigenvalue weighted by molar-refractivity contribution is -0.145. The molecule has 2 heterocycles. The lowest BCUT2D eigenvalue weighted by atomic mass is 9.87. The standard InChI is InChI=1S/C20H22N2O4/c1-14-12-22(10-8-17(14)20(24)25)19(23)16-7-9-21-18(11-16)26-13-15-5-3-2-4-6-15/h2-7,9,11,14,17H,8,10,12-13H2,1H3,(H,24,25). The molecule has 26 heavy (non-hydrogen) atoms. The summed E-state index contributed by atoms with van der Waals surface area (Å²) in [6.45, 7) is 3.15. The van der Waals surface area contributed by atoms with E-state index < -0.39 is 5.97 Å². The van der Waals surface area contributed by atoms with Crippen LogP contribution < -0.4 is 4.74 Å². The van der Waals surface area contributed by atoms with Gasteiger partial charge >= 0.3 is 5.97 Å². The summed E-state index contributed by atoms with van der Waals surface area (Å²) in [5.41, 5.74) is 1.53. The SMILES string of the molecule is CC1CN(C(=O)c2ccnc(OCc3ccccc3)c2)CCC1C(=O)O. The lowest BCUT2D eigenvalue weighted by Gasteiger charge is -2.35. The number of carboxylic acid groups (broad SMARTS) is 1. The van der Waals surface area contributed by atoms with E-state index in [-0.39, 0.29) is 17.7 Å². The van der Waals surface area contributed by atoms with Crippen LogP contribution >= 0.6 is 0 Å². The number of aromatic nitrogens is 1. The number of hydrogen-bond acceptors (Lipinski definition) is 4. The van der Waals surface area contributed by atoms with E-state index in [2.05, 4.69) is 4.98 Å². The van der Waals surface area contributed by atoms with E-state index >= 15 is 0 Å². The van der Waals surface area contributed by atoms with Gasteiger partial charge in [0, 0.05) is 30.9 Å². The van der Waals surface area contributed by atoms with Gasteiger partial charge in [-0.15, -0.1) is 0 Å². The second-order valence-electron chi connectivity index (χ2n) is 6.62. The monoisotopic (exact) mass is 354 g/mol. The van der Waals surface area contributed by atoms with E-state index in [4.69, 9.17) is 4.74 Å². The van der Waals surface area contributed by atoms with Gasteiger partial charge in [-0.1, -0.05) is 37.3 Å². The first-order chi connectivity index (χ1) is 12.5. The molecule has 6 heteroatoms. The van der Waals surface area contributed by atoms with Crippen LogP contribution in [0.1, 0.15) is 29.3 Å². The van der Waals surface area contributed by atoms with Crippen LogP contribution in [0.15, 0.2) is 48.7 Å². The Morgan fingerprint density at radius 1 is 1.27 bits per heavy atom. The van der Waals surface area contributed by atoms with Crippen molar-refractivity contribution in [2.24, 2.45) is 11.8 Å². The summed E-state index contributed by atoms with van der Waals surface area (Å²) in [6.07, 6.45) is 2.03.